The summed E-state index contributed by atoms with van der Waals surface area (Å²) in [5.74, 6) is 1.55. The minimum atomic E-state index is 0.730. The van der Waals surface area contributed by atoms with Crippen molar-refractivity contribution in [1.29, 1.82) is 0 Å². The van der Waals surface area contributed by atoms with Crippen LogP contribution < -0.4 is 5.32 Å². The van der Waals surface area contributed by atoms with Gasteiger partial charge in [-0.1, -0.05) is 44.2 Å². The molecule has 0 saturated carbocycles. The lowest BCUT2D eigenvalue weighted by molar-refractivity contribution is 0.0759. The van der Waals surface area contributed by atoms with Crippen LogP contribution in [0.25, 0.3) is 0 Å². The quantitative estimate of drug-likeness (QED) is 0.709. The first-order chi connectivity index (χ1) is 10.7. The van der Waals surface area contributed by atoms with Gasteiger partial charge < -0.3 is 15.0 Å². The van der Waals surface area contributed by atoms with Gasteiger partial charge in [0.1, 0.15) is 0 Å². The molecular weight excluding hydrogens is 272 g/mol. The Morgan fingerprint density at radius 3 is 2.86 bits per heavy atom. The molecule has 1 fully saturated rings. The molecule has 0 radical (unpaired) electrons. The van der Waals surface area contributed by atoms with Gasteiger partial charge in [0.2, 0.25) is 0 Å². The number of hydrogen-bond acceptors (Lipinski definition) is 3. The van der Waals surface area contributed by atoms with E-state index in [0.29, 0.717) is 0 Å². The van der Waals surface area contributed by atoms with E-state index < -0.39 is 0 Å². The first-order valence-electron chi connectivity index (χ1n) is 8.79. The van der Waals surface area contributed by atoms with Gasteiger partial charge in [0, 0.05) is 13.1 Å². The highest BCUT2D eigenvalue weighted by Crippen LogP contribution is 2.15. The van der Waals surface area contributed by atoms with Crippen LogP contribution in [0.5, 0.6) is 0 Å². The average Bonchev–Trinajstić information content (AvgIpc) is 2.53. The van der Waals surface area contributed by atoms with E-state index in [1.54, 1.807) is 0 Å². The molecule has 2 rings (SSSR count). The molecule has 1 aliphatic rings. The van der Waals surface area contributed by atoms with E-state index in [-0.39, 0.29) is 0 Å². The number of ether oxygens (including phenoxy) is 1. The smallest absolute Gasteiger partial charge is 0.0717 e. The van der Waals surface area contributed by atoms with Crippen molar-refractivity contribution in [2.45, 2.75) is 33.3 Å². The number of likely N-dealkylation sites (tertiary alicyclic amines) is 1. The summed E-state index contributed by atoms with van der Waals surface area (Å²) in [6, 6.07) is 10.4. The summed E-state index contributed by atoms with van der Waals surface area (Å²) in [6.45, 7) is 11.9. The first-order valence-corrected chi connectivity index (χ1v) is 8.79. The van der Waals surface area contributed by atoms with E-state index in [4.69, 9.17) is 4.74 Å². The second kappa shape index (κ2) is 9.98. The molecule has 1 unspecified atom stereocenters. The Balaban J connectivity index is 1.57. The van der Waals surface area contributed by atoms with Crippen LogP contribution in [0.3, 0.4) is 0 Å². The Morgan fingerprint density at radius 1 is 1.27 bits per heavy atom. The number of piperidine rings is 1. The molecule has 1 aromatic carbocycles. The summed E-state index contributed by atoms with van der Waals surface area (Å²) in [5, 5.41) is 3.61. The third-order valence-electron chi connectivity index (χ3n) is 4.25. The zero-order valence-corrected chi connectivity index (χ0v) is 14.3. The van der Waals surface area contributed by atoms with Crippen LogP contribution in [-0.4, -0.2) is 44.2 Å². The van der Waals surface area contributed by atoms with Crippen molar-refractivity contribution < 1.29 is 4.74 Å². The van der Waals surface area contributed by atoms with Crippen LogP contribution >= 0.6 is 0 Å². The second-order valence-corrected chi connectivity index (χ2v) is 6.90. The molecule has 0 spiro atoms. The van der Waals surface area contributed by atoms with Gasteiger partial charge in [-0.25, -0.2) is 0 Å². The number of nitrogens with zero attached hydrogens (tertiary/aromatic N) is 1. The Hall–Kier alpha value is -0.900. The van der Waals surface area contributed by atoms with Gasteiger partial charge in [-0.3, -0.25) is 0 Å². The molecule has 1 N–H and O–H groups in total. The highest BCUT2D eigenvalue weighted by Gasteiger charge is 2.19. The maximum Gasteiger partial charge on any atom is 0.0717 e. The van der Waals surface area contributed by atoms with Crippen molar-refractivity contribution in [3.63, 3.8) is 0 Å². The van der Waals surface area contributed by atoms with Crippen LogP contribution in [-0.2, 0) is 11.3 Å². The van der Waals surface area contributed by atoms with Gasteiger partial charge in [0.05, 0.1) is 13.2 Å². The summed E-state index contributed by atoms with van der Waals surface area (Å²) >= 11 is 0. The zero-order valence-electron chi connectivity index (χ0n) is 14.3. The standard InChI is InChI=1S/C19H32N2O/c1-17(2)13-20-14-19-9-6-10-21(15-19)11-12-22-16-18-7-4-3-5-8-18/h3-5,7-8,17,19-20H,6,9-16H2,1-2H3. The van der Waals surface area contributed by atoms with Crippen LogP contribution in [0, 0.1) is 11.8 Å². The minimum Gasteiger partial charge on any atom is -0.375 e. The molecule has 0 aromatic heterocycles. The summed E-state index contributed by atoms with van der Waals surface area (Å²) in [5.41, 5.74) is 1.26. The predicted molar refractivity (Wildman–Crippen MR) is 93.0 cm³/mol. The maximum absolute atomic E-state index is 5.81. The van der Waals surface area contributed by atoms with Crippen LogP contribution in [0.4, 0.5) is 0 Å². The first kappa shape index (κ1) is 17.5. The van der Waals surface area contributed by atoms with Crippen LogP contribution in [0.2, 0.25) is 0 Å². The number of nitrogens with one attached hydrogen (secondary N) is 1. The molecule has 0 bridgehead atoms. The molecule has 22 heavy (non-hydrogen) atoms. The Morgan fingerprint density at radius 2 is 2.09 bits per heavy atom. The molecule has 0 aliphatic carbocycles. The zero-order chi connectivity index (χ0) is 15.6. The fraction of sp³-hybridized carbons (Fsp3) is 0.684. The normalized spacial score (nSPS) is 19.7. The minimum absolute atomic E-state index is 0.730. The van der Waals surface area contributed by atoms with E-state index >= 15 is 0 Å². The molecule has 3 nitrogen and oxygen atoms in total. The molecule has 124 valence electrons. The fourth-order valence-electron chi connectivity index (χ4n) is 3.06. The lowest BCUT2D eigenvalue weighted by atomic mass is 9.98. The maximum atomic E-state index is 5.81. The van der Waals surface area contributed by atoms with Crippen molar-refractivity contribution in [2.24, 2.45) is 11.8 Å². The largest absolute Gasteiger partial charge is 0.375 e. The third-order valence-corrected chi connectivity index (χ3v) is 4.25. The second-order valence-electron chi connectivity index (χ2n) is 6.90. The molecule has 1 aliphatic heterocycles. The van der Waals surface area contributed by atoms with Crippen LogP contribution in [0.15, 0.2) is 30.3 Å². The summed E-state index contributed by atoms with van der Waals surface area (Å²) in [7, 11) is 0. The highest BCUT2D eigenvalue weighted by molar-refractivity contribution is 5.13. The summed E-state index contributed by atoms with van der Waals surface area (Å²) in [6.07, 6.45) is 2.69. The monoisotopic (exact) mass is 304 g/mol. The van der Waals surface area contributed by atoms with Crippen molar-refractivity contribution >= 4 is 0 Å². The van der Waals surface area contributed by atoms with Gasteiger partial charge in [-0.05, 0) is 49.9 Å². The van der Waals surface area contributed by atoms with E-state index in [9.17, 15) is 0 Å². The van der Waals surface area contributed by atoms with Crippen molar-refractivity contribution in [1.82, 2.24) is 10.2 Å². The summed E-state index contributed by atoms with van der Waals surface area (Å²) in [4.78, 5) is 2.57. The van der Waals surface area contributed by atoms with E-state index in [0.717, 1.165) is 38.1 Å². The molecule has 1 atom stereocenters. The Kier molecular flexibility index (Phi) is 7.92. The predicted octanol–water partition coefficient (Wildman–Crippen LogP) is 3.16. The van der Waals surface area contributed by atoms with Crippen LogP contribution in [0.1, 0.15) is 32.3 Å². The van der Waals surface area contributed by atoms with Crippen molar-refractivity contribution in [3.8, 4) is 0 Å². The topological polar surface area (TPSA) is 24.5 Å². The van der Waals surface area contributed by atoms with Gasteiger partial charge in [0.25, 0.3) is 0 Å². The lowest BCUT2D eigenvalue weighted by Crippen LogP contribution is -2.41. The van der Waals surface area contributed by atoms with Crippen molar-refractivity contribution in [3.05, 3.63) is 35.9 Å². The van der Waals surface area contributed by atoms with E-state index in [2.05, 4.69) is 48.3 Å². The van der Waals surface area contributed by atoms with Crippen molar-refractivity contribution in [2.75, 3.05) is 39.3 Å². The highest BCUT2D eigenvalue weighted by atomic mass is 16.5. The number of benzene rings is 1. The van der Waals surface area contributed by atoms with E-state index in [1.165, 1.54) is 38.0 Å². The van der Waals surface area contributed by atoms with E-state index in [1.807, 2.05) is 6.07 Å². The molecule has 1 saturated heterocycles. The number of rotatable bonds is 9. The SMILES string of the molecule is CC(C)CNCC1CCCN(CCOCc2ccccc2)C1. The van der Waals surface area contributed by atoms with Gasteiger partial charge in [-0.2, -0.15) is 0 Å². The molecule has 3 heteroatoms. The molecule has 1 aromatic rings. The summed E-state index contributed by atoms with van der Waals surface area (Å²) < 4.78 is 5.81. The third kappa shape index (κ3) is 6.91. The van der Waals surface area contributed by atoms with Gasteiger partial charge in [-0.15, -0.1) is 0 Å². The fourth-order valence-corrected chi connectivity index (χ4v) is 3.06. The molecular formula is C19H32N2O. The Labute approximate surface area is 136 Å². The van der Waals surface area contributed by atoms with Gasteiger partial charge in [0.15, 0.2) is 0 Å². The molecule has 0 amide bonds. The van der Waals surface area contributed by atoms with Gasteiger partial charge >= 0.3 is 0 Å². The molecule has 1 heterocycles. The average molecular weight is 304 g/mol. The lowest BCUT2D eigenvalue weighted by Gasteiger charge is -2.32. The number of hydrogen-bond donors (Lipinski definition) is 1. The Bertz CT molecular complexity index is 394.